The molecule has 27 heavy (non-hydrogen) atoms. The van der Waals surface area contributed by atoms with Crippen LogP contribution in [0.1, 0.15) is 23.3 Å². The van der Waals surface area contributed by atoms with Crippen molar-refractivity contribution < 1.29 is 14.1 Å². The zero-order valence-corrected chi connectivity index (χ0v) is 16.6. The molecule has 0 saturated heterocycles. The molecule has 0 unspecified atom stereocenters. The molecule has 4 nitrogen and oxygen atoms in total. The molecule has 1 aromatic carbocycles. The molecule has 1 aliphatic heterocycles. The summed E-state index contributed by atoms with van der Waals surface area (Å²) in [5.74, 6) is 0.753. The van der Waals surface area contributed by atoms with E-state index in [1.807, 2.05) is 56.1 Å². The molecular formula is C22H23N2O2S+. The SMILES string of the molecule is CN(C)/C(=C\C(=C1\C(=O)OC(c2ccccc2)=[N+]1C)C1CC1)c1cccs1. The van der Waals surface area contributed by atoms with Crippen LogP contribution in [0.5, 0.6) is 0 Å². The average molecular weight is 380 g/mol. The lowest BCUT2D eigenvalue weighted by Crippen LogP contribution is -2.14. The van der Waals surface area contributed by atoms with Crippen LogP contribution in [-0.2, 0) is 9.53 Å². The van der Waals surface area contributed by atoms with Gasteiger partial charge < -0.3 is 9.64 Å². The molecule has 0 radical (unpaired) electrons. The smallest absolute Gasteiger partial charge is 0.377 e. The molecular weight excluding hydrogens is 356 g/mol. The number of benzene rings is 1. The quantitative estimate of drug-likeness (QED) is 0.448. The third-order valence-corrected chi connectivity index (χ3v) is 5.77. The number of allylic oxidation sites excluding steroid dienone is 2. The lowest BCUT2D eigenvalue weighted by atomic mass is 10.1. The minimum Gasteiger partial charge on any atom is -0.377 e. The highest BCUT2D eigenvalue weighted by Gasteiger charge is 2.43. The molecule has 2 heterocycles. The van der Waals surface area contributed by atoms with Crippen LogP contribution in [0.4, 0.5) is 0 Å². The molecule has 2 aromatic rings. The fraction of sp³-hybridized carbons (Fsp3) is 0.273. The second-order valence-corrected chi connectivity index (χ2v) is 8.05. The molecule has 0 spiro atoms. The molecule has 1 aliphatic carbocycles. The van der Waals surface area contributed by atoms with Gasteiger partial charge in [-0.1, -0.05) is 24.3 Å². The summed E-state index contributed by atoms with van der Waals surface area (Å²) < 4.78 is 7.58. The predicted octanol–water partition coefficient (Wildman–Crippen LogP) is 3.96. The van der Waals surface area contributed by atoms with Gasteiger partial charge in [0.15, 0.2) is 0 Å². The lowest BCUT2D eigenvalue weighted by molar-refractivity contribution is -0.435. The van der Waals surface area contributed by atoms with Crippen LogP contribution in [0.2, 0.25) is 0 Å². The zero-order valence-electron chi connectivity index (χ0n) is 15.8. The Hall–Kier alpha value is -2.66. The zero-order chi connectivity index (χ0) is 19.0. The number of thiophene rings is 1. The van der Waals surface area contributed by atoms with Crippen LogP contribution in [0.3, 0.4) is 0 Å². The Morgan fingerprint density at radius 3 is 2.52 bits per heavy atom. The van der Waals surface area contributed by atoms with Crippen LogP contribution in [-0.4, -0.2) is 42.5 Å². The number of carbonyl (C=O) groups excluding carboxylic acids is 1. The number of cyclic esters (lactones) is 1. The van der Waals surface area contributed by atoms with E-state index in [1.54, 1.807) is 11.3 Å². The van der Waals surface area contributed by atoms with Crippen LogP contribution < -0.4 is 0 Å². The van der Waals surface area contributed by atoms with Crippen molar-refractivity contribution in [2.24, 2.45) is 5.92 Å². The van der Waals surface area contributed by atoms with E-state index in [1.165, 1.54) is 4.88 Å². The molecule has 0 atom stereocenters. The topological polar surface area (TPSA) is 32.6 Å². The van der Waals surface area contributed by atoms with E-state index < -0.39 is 0 Å². The Morgan fingerprint density at radius 2 is 1.93 bits per heavy atom. The summed E-state index contributed by atoms with van der Waals surface area (Å²) in [7, 11) is 6.00. The first kappa shape index (κ1) is 17.7. The van der Waals surface area contributed by atoms with E-state index in [2.05, 4.69) is 28.5 Å². The van der Waals surface area contributed by atoms with Gasteiger partial charge >= 0.3 is 11.9 Å². The largest absolute Gasteiger partial charge is 0.413 e. The highest BCUT2D eigenvalue weighted by molar-refractivity contribution is 7.11. The molecule has 0 amide bonds. The minimum atomic E-state index is -0.265. The molecule has 0 bridgehead atoms. The molecule has 5 heteroatoms. The van der Waals surface area contributed by atoms with Crippen molar-refractivity contribution in [2.45, 2.75) is 12.8 Å². The van der Waals surface area contributed by atoms with Crippen molar-refractivity contribution in [3.05, 3.63) is 75.6 Å². The highest BCUT2D eigenvalue weighted by Crippen LogP contribution is 2.41. The monoisotopic (exact) mass is 379 g/mol. The van der Waals surface area contributed by atoms with Crippen LogP contribution in [0, 0.1) is 5.92 Å². The first-order valence-electron chi connectivity index (χ1n) is 9.11. The van der Waals surface area contributed by atoms with Crippen LogP contribution >= 0.6 is 11.3 Å². The van der Waals surface area contributed by atoms with E-state index in [0.717, 1.165) is 29.7 Å². The van der Waals surface area contributed by atoms with Crippen LogP contribution in [0.15, 0.2) is 65.2 Å². The van der Waals surface area contributed by atoms with Crippen LogP contribution in [0.25, 0.3) is 5.70 Å². The van der Waals surface area contributed by atoms with Crippen molar-refractivity contribution in [2.75, 3.05) is 21.1 Å². The van der Waals surface area contributed by atoms with Gasteiger partial charge in [0, 0.05) is 19.7 Å². The fourth-order valence-electron chi connectivity index (χ4n) is 3.35. The average Bonchev–Trinajstić information content (AvgIpc) is 3.28. The van der Waals surface area contributed by atoms with E-state index >= 15 is 0 Å². The summed E-state index contributed by atoms with van der Waals surface area (Å²) in [4.78, 5) is 16.1. The van der Waals surface area contributed by atoms with Crippen molar-refractivity contribution in [1.82, 2.24) is 4.90 Å². The van der Waals surface area contributed by atoms with Gasteiger partial charge in [0.25, 0.3) is 5.70 Å². The summed E-state index contributed by atoms with van der Waals surface area (Å²) in [5.41, 5.74) is 3.76. The maximum Gasteiger partial charge on any atom is 0.413 e. The third kappa shape index (κ3) is 3.47. The molecule has 138 valence electrons. The number of likely N-dealkylation sites (N-methyl/N-ethyl adjacent to an activating group) is 1. The maximum atomic E-state index is 12.8. The van der Waals surface area contributed by atoms with E-state index in [9.17, 15) is 4.79 Å². The lowest BCUT2D eigenvalue weighted by Gasteiger charge is -2.16. The van der Waals surface area contributed by atoms with Gasteiger partial charge in [-0.15, -0.1) is 11.3 Å². The van der Waals surface area contributed by atoms with Crippen molar-refractivity contribution >= 4 is 28.9 Å². The van der Waals surface area contributed by atoms with Crippen molar-refractivity contribution in [3.63, 3.8) is 0 Å². The van der Waals surface area contributed by atoms with Gasteiger partial charge in [0.05, 0.1) is 16.1 Å². The first-order chi connectivity index (χ1) is 13.1. The van der Waals surface area contributed by atoms with Crippen molar-refractivity contribution in [1.29, 1.82) is 0 Å². The Kier molecular flexibility index (Phi) is 4.70. The third-order valence-electron chi connectivity index (χ3n) is 4.88. The van der Waals surface area contributed by atoms with Gasteiger partial charge in [-0.25, -0.2) is 4.79 Å². The number of carbonyl (C=O) groups is 1. The molecule has 1 aromatic heterocycles. The Morgan fingerprint density at radius 1 is 1.19 bits per heavy atom. The number of hydrogen-bond donors (Lipinski definition) is 0. The Labute approximate surface area is 163 Å². The van der Waals surface area contributed by atoms with E-state index in [-0.39, 0.29) is 5.97 Å². The number of rotatable bonds is 5. The summed E-state index contributed by atoms with van der Waals surface area (Å²) in [6.07, 6.45) is 4.40. The number of hydrogen-bond acceptors (Lipinski definition) is 4. The van der Waals surface area contributed by atoms with E-state index in [0.29, 0.717) is 17.5 Å². The Bertz CT molecular complexity index is 949. The second-order valence-electron chi connectivity index (χ2n) is 7.10. The number of ether oxygens (including phenoxy) is 1. The fourth-order valence-corrected chi connectivity index (χ4v) is 4.18. The van der Waals surface area contributed by atoms with Gasteiger partial charge in [-0.3, -0.25) is 0 Å². The molecule has 1 fully saturated rings. The normalized spacial score (nSPS) is 19.4. The minimum absolute atomic E-state index is 0.265. The highest BCUT2D eigenvalue weighted by atomic mass is 32.1. The van der Waals surface area contributed by atoms with Gasteiger partial charge in [-0.05, 0) is 48.4 Å². The summed E-state index contributed by atoms with van der Waals surface area (Å²) in [6.45, 7) is 0. The maximum absolute atomic E-state index is 12.8. The van der Waals surface area contributed by atoms with Gasteiger partial charge in [-0.2, -0.15) is 4.58 Å². The molecule has 1 saturated carbocycles. The Balaban J connectivity index is 1.85. The van der Waals surface area contributed by atoms with Gasteiger partial charge in [0.2, 0.25) is 0 Å². The molecule has 0 N–H and O–H groups in total. The summed E-state index contributed by atoms with van der Waals surface area (Å²) >= 11 is 1.71. The standard InChI is InChI=1S/C22H23N2O2S/c1-23(2)18(19-10-7-13-27-19)14-17(15-11-12-15)20-22(25)26-21(24(20)3)16-8-5-4-6-9-16/h4-10,13-15H,11-12H2,1-3H3/q+1/b18-14-,20-17+. The first-order valence-corrected chi connectivity index (χ1v) is 9.99. The van der Waals surface area contributed by atoms with Crippen molar-refractivity contribution in [3.8, 4) is 0 Å². The second kappa shape index (κ2) is 7.16. The summed E-state index contributed by atoms with van der Waals surface area (Å²) in [6, 6.07) is 14.0. The van der Waals surface area contributed by atoms with E-state index in [4.69, 9.17) is 4.74 Å². The number of nitrogens with zero attached hydrogens (tertiary/aromatic N) is 2. The predicted molar refractivity (Wildman–Crippen MR) is 109 cm³/mol. The molecule has 2 aliphatic rings. The number of esters is 1. The summed E-state index contributed by atoms with van der Waals surface area (Å²) in [5, 5.41) is 2.08. The van der Waals surface area contributed by atoms with Gasteiger partial charge in [0.1, 0.15) is 7.05 Å². The molecule has 4 rings (SSSR count).